The van der Waals surface area contributed by atoms with Crippen molar-refractivity contribution in [2.24, 2.45) is 0 Å². The second-order valence-corrected chi connectivity index (χ2v) is 9.28. The number of hydrogen-bond donors (Lipinski definition) is 2. The Labute approximate surface area is 154 Å². The standard InChI is InChI=1S/C17H16N2O3S3/c1-12(20)18-11-13-8-9-17(24-13)25(21,22)19-15-6-3-2-5-14(15)16-7-4-10-23-16/h2-10,19H,11H2,1H3,(H,18,20). The van der Waals surface area contributed by atoms with Crippen LogP contribution in [0.4, 0.5) is 5.69 Å². The van der Waals surface area contributed by atoms with Crippen LogP contribution in [0.1, 0.15) is 11.8 Å². The minimum atomic E-state index is -3.68. The molecule has 2 N–H and O–H groups in total. The largest absolute Gasteiger partial charge is 0.351 e. The monoisotopic (exact) mass is 392 g/mol. The number of amides is 1. The first-order valence-corrected chi connectivity index (χ1v) is 10.6. The molecule has 0 radical (unpaired) electrons. The van der Waals surface area contributed by atoms with Crippen molar-refractivity contribution in [3.63, 3.8) is 0 Å². The molecule has 0 atom stereocenters. The Bertz CT molecular complexity index is 976. The lowest BCUT2D eigenvalue weighted by Crippen LogP contribution is -2.18. The van der Waals surface area contributed by atoms with Crippen LogP contribution < -0.4 is 10.0 Å². The molecule has 0 fully saturated rings. The maximum atomic E-state index is 12.7. The van der Waals surface area contributed by atoms with E-state index in [1.54, 1.807) is 35.6 Å². The molecule has 0 aliphatic carbocycles. The third kappa shape index (κ3) is 4.28. The highest BCUT2D eigenvalue weighted by molar-refractivity contribution is 7.94. The predicted molar refractivity (Wildman–Crippen MR) is 102 cm³/mol. The molecule has 1 aromatic carbocycles. The van der Waals surface area contributed by atoms with Crippen molar-refractivity contribution in [3.05, 3.63) is 58.8 Å². The maximum absolute atomic E-state index is 12.7. The van der Waals surface area contributed by atoms with Crippen molar-refractivity contribution in [2.45, 2.75) is 17.7 Å². The van der Waals surface area contributed by atoms with Crippen molar-refractivity contribution in [3.8, 4) is 10.4 Å². The van der Waals surface area contributed by atoms with Gasteiger partial charge in [-0.3, -0.25) is 9.52 Å². The molecule has 130 valence electrons. The van der Waals surface area contributed by atoms with Crippen molar-refractivity contribution >= 4 is 44.3 Å². The second kappa shape index (κ2) is 7.38. The molecule has 0 unspecified atom stereocenters. The first-order valence-electron chi connectivity index (χ1n) is 7.44. The van der Waals surface area contributed by atoms with Crippen LogP contribution in [0.5, 0.6) is 0 Å². The fourth-order valence-corrected chi connectivity index (χ4v) is 5.36. The summed E-state index contributed by atoms with van der Waals surface area (Å²) in [6, 6.07) is 14.5. The van der Waals surface area contributed by atoms with Crippen LogP contribution in [-0.4, -0.2) is 14.3 Å². The van der Waals surface area contributed by atoms with Gasteiger partial charge < -0.3 is 5.32 Å². The van der Waals surface area contributed by atoms with Crippen LogP contribution in [0.3, 0.4) is 0 Å². The summed E-state index contributed by atoms with van der Waals surface area (Å²) in [5, 5.41) is 4.61. The van der Waals surface area contributed by atoms with Crippen LogP contribution >= 0.6 is 22.7 Å². The van der Waals surface area contributed by atoms with Gasteiger partial charge in [0, 0.05) is 22.2 Å². The molecular weight excluding hydrogens is 376 g/mol. The van der Waals surface area contributed by atoms with Gasteiger partial charge in [0.2, 0.25) is 5.91 Å². The lowest BCUT2D eigenvalue weighted by molar-refractivity contribution is -0.119. The lowest BCUT2D eigenvalue weighted by atomic mass is 10.1. The van der Waals surface area contributed by atoms with Crippen molar-refractivity contribution in [1.82, 2.24) is 5.32 Å². The number of sulfonamides is 1. The molecule has 5 nitrogen and oxygen atoms in total. The highest BCUT2D eigenvalue weighted by atomic mass is 32.2. The van der Waals surface area contributed by atoms with Gasteiger partial charge in [-0.05, 0) is 29.6 Å². The van der Waals surface area contributed by atoms with Gasteiger partial charge in [0.15, 0.2) is 0 Å². The van der Waals surface area contributed by atoms with E-state index in [4.69, 9.17) is 0 Å². The molecular formula is C17H16N2O3S3. The molecule has 8 heteroatoms. The summed E-state index contributed by atoms with van der Waals surface area (Å²) in [7, 11) is -3.68. The zero-order chi connectivity index (χ0) is 17.9. The molecule has 2 aromatic heterocycles. The van der Waals surface area contributed by atoms with Gasteiger partial charge in [-0.1, -0.05) is 24.3 Å². The number of nitrogens with one attached hydrogen (secondary N) is 2. The number of benzene rings is 1. The molecule has 25 heavy (non-hydrogen) atoms. The molecule has 0 aliphatic heterocycles. The quantitative estimate of drug-likeness (QED) is 0.668. The topological polar surface area (TPSA) is 75.3 Å². The van der Waals surface area contributed by atoms with E-state index in [0.717, 1.165) is 26.7 Å². The molecule has 0 spiro atoms. The SMILES string of the molecule is CC(=O)NCc1ccc(S(=O)(=O)Nc2ccccc2-c2cccs2)s1. The van der Waals surface area contributed by atoms with E-state index >= 15 is 0 Å². The third-order valence-corrected chi connectivity index (χ3v) is 7.22. The van der Waals surface area contributed by atoms with Gasteiger partial charge in [-0.25, -0.2) is 8.42 Å². The molecule has 0 bridgehead atoms. The number of hydrogen-bond acceptors (Lipinski definition) is 5. The lowest BCUT2D eigenvalue weighted by Gasteiger charge is -2.10. The van der Waals surface area contributed by atoms with Crippen molar-refractivity contribution in [1.29, 1.82) is 0 Å². The smallest absolute Gasteiger partial charge is 0.271 e. The number of carbonyl (C=O) groups is 1. The Balaban J connectivity index is 1.84. The van der Waals surface area contributed by atoms with Crippen molar-refractivity contribution in [2.75, 3.05) is 4.72 Å². The Kier molecular flexibility index (Phi) is 5.22. The van der Waals surface area contributed by atoms with Gasteiger partial charge in [-0.15, -0.1) is 22.7 Å². The summed E-state index contributed by atoms with van der Waals surface area (Å²) in [6.45, 7) is 1.75. The Hall–Kier alpha value is -2.16. The summed E-state index contributed by atoms with van der Waals surface area (Å²) in [4.78, 5) is 12.8. The molecule has 0 saturated carbocycles. The maximum Gasteiger partial charge on any atom is 0.271 e. The fraction of sp³-hybridized carbons (Fsp3) is 0.118. The summed E-state index contributed by atoms with van der Waals surface area (Å²) in [6.07, 6.45) is 0. The average molecular weight is 393 g/mol. The second-order valence-electron chi connectivity index (χ2n) is 5.26. The zero-order valence-electron chi connectivity index (χ0n) is 13.4. The molecule has 0 saturated heterocycles. The summed E-state index contributed by atoms with van der Waals surface area (Å²) < 4.78 is 28.3. The number of rotatable bonds is 6. The Morgan fingerprint density at radius 1 is 1.08 bits per heavy atom. The van der Waals surface area contributed by atoms with E-state index in [2.05, 4.69) is 10.0 Å². The minimum absolute atomic E-state index is 0.152. The van der Waals surface area contributed by atoms with Gasteiger partial charge >= 0.3 is 0 Å². The van der Waals surface area contributed by atoms with E-state index in [1.165, 1.54) is 6.92 Å². The van der Waals surface area contributed by atoms with Gasteiger partial charge in [-0.2, -0.15) is 0 Å². The van der Waals surface area contributed by atoms with Gasteiger partial charge in [0.25, 0.3) is 10.0 Å². The predicted octanol–water partition coefficient (Wildman–Crippen LogP) is 3.91. The highest BCUT2D eigenvalue weighted by Gasteiger charge is 2.19. The molecule has 2 heterocycles. The van der Waals surface area contributed by atoms with E-state index in [0.29, 0.717) is 12.2 Å². The van der Waals surface area contributed by atoms with E-state index in [-0.39, 0.29) is 10.1 Å². The number of carbonyl (C=O) groups excluding carboxylic acids is 1. The van der Waals surface area contributed by atoms with Crippen molar-refractivity contribution < 1.29 is 13.2 Å². The Morgan fingerprint density at radius 2 is 1.88 bits per heavy atom. The van der Waals surface area contributed by atoms with Crippen LogP contribution in [0.15, 0.2) is 58.1 Å². The minimum Gasteiger partial charge on any atom is -0.351 e. The fourth-order valence-electron chi connectivity index (χ4n) is 2.22. The molecule has 0 aliphatic rings. The first-order chi connectivity index (χ1) is 12.0. The number of thiophene rings is 2. The van der Waals surface area contributed by atoms with E-state index in [1.807, 2.05) is 29.6 Å². The van der Waals surface area contributed by atoms with Crippen LogP contribution in [-0.2, 0) is 21.4 Å². The highest BCUT2D eigenvalue weighted by Crippen LogP contribution is 2.33. The molecule has 3 aromatic rings. The van der Waals surface area contributed by atoms with Crippen LogP contribution in [0.2, 0.25) is 0 Å². The van der Waals surface area contributed by atoms with E-state index in [9.17, 15) is 13.2 Å². The average Bonchev–Trinajstić information content (AvgIpc) is 3.25. The molecule has 1 amide bonds. The summed E-state index contributed by atoms with van der Waals surface area (Å²) in [5.41, 5.74) is 1.39. The normalized spacial score (nSPS) is 11.2. The zero-order valence-corrected chi connectivity index (χ0v) is 15.8. The van der Waals surface area contributed by atoms with Gasteiger partial charge in [0.1, 0.15) is 4.21 Å². The number of para-hydroxylation sites is 1. The molecule has 3 rings (SSSR count). The van der Waals surface area contributed by atoms with Gasteiger partial charge in [0.05, 0.1) is 12.2 Å². The van der Waals surface area contributed by atoms with E-state index < -0.39 is 10.0 Å². The van der Waals surface area contributed by atoms with Crippen LogP contribution in [0, 0.1) is 0 Å². The Morgan fingerprint density at radius 3 is 2.60 bits per heavy atom. The number of anilines is 1. The third-order valence-electron chi connectivity index (χ3n) is 3.37. The summed E-state index contributed by atoms with van der Waals surface area (Å²) >= 11 is 2.69. The first kappa shape index (κ1) is 17.7. The summed E-state index contributed by atoms with van der Waals surface area (Å²) in [5.74, 6) is -0.152. The van der Waals surface area contributed by atoms with Crippen LogP contribution in [0.25, 0.3) is 10.4 Å².